The van der Waals surface area contributed by atoms with Crippen molar-refractivity contribution < 1.29 is 44.4 Å². The average molecular weight is 557 g/mol. The summed E-state index contributed by atoms with van der Waals surface area (Å²) in [6.45, 7) is 5.45. The van der Waals surface area contributed by atoms with Crippen molar-refractivity contribution in [3.8, 4) is 5.75 Å². The first-order valence-electron chi connectivity index (χ1n) is 12.8. The van der Waals surface area contributed by atoms with E-state index in [9.17, 15) is 44.4 Å². The second-order valence-electron chi connectivity index (χ2n) is 12.3. The number of hydrogen-bond acceptors (Lipinski definition) is 11. The highest BCUT2D eigenvalue weighted by atomic mass is 16.4. The van der Waals surface area contributed by atoms with Crippen LogP contribution in [0.4, 0.5) is 11.4 Å². The number of benzene rings is 1. The van der Waals surface area contributed by atoms with Crippen molar-refractivity contribution in [1.82, 2.24) is 5.32 Å². The summed E-state index contributed by atoms with van der Waals surface area (Å²) in [5.41, 5.74) is -4.44. The van der Waals surface area contributed by atoms with Gasteiger partial charge in [-0.15, -0.1) is 0 Å². The number of phenols is 1. The summed E-state index contributed by atoms with van der Waals surface area (Å²) in [7, 11) is 3.35. The van der Waals surface area contributed by atoms with Crippen molar-refractivity contribution in [2.24, 2.45) is 23.0 Å². The molecule has 0 radical (unpaired) electrons. The molecule has 5 rings (SSSR count). The normalized spacial score (nSPS) is 32.2. The Hall–Kier alpha value is -3.81. The minimum Gasteiger partial charge on any atom is -0.508 e. The van der Waals surface area contributed by atoms with Gasteiger partial charge < -0.3 is 41.7 Å². The number of primary amides is 1. The molecular formula is C27H32N4O9. The molecule has 1 aromatic rings. The Bertz CT molecular complexity index is 1470. The molecule has 1 spiro atoms. The molecule has 4 bridgehead atoms. The Morgan fingerprint density at radius 3 is 2.30 bits per heavy atom. The zero-order valence-corrected chi connectivity index (χ0v) is 22.7. The lowest BCUT2D eigenvalue weighted by molar-refractivity contribution is -0.158. The van der Waals surface area contributed by atoms with Crippen molar-refractivity contribution in [2.75, 3.05) is 30.9 Å². The topological polar surface area (TPSA) is 220 Å². The van der Waals surface area contributed by atoms with Gasteiger partial charge in [0.05, 0.1) is 17.8 Å². The first-order chi connectivity index (χ1) is 18.4. The van der Waals surface area contributed by atoms with Gasteiger partial charge in [-0.3, -0.25) is 24.0 Å². The van der Waals surface area contributed by atoms with Crippen molar-refractivity contribution in [3.05, 3.63) is 28.5 Å². The largest absolute Gasteiger partial charge is 0.508 e. The van der Waals surface area contributed by atoms with Gasteiger partial charge in [-0.05, 0) is 51.2 Å². The maximum atomic E-state index is 14.4. The molecule has 13 heteroatoms. The van der Waals surface area contributed by atoms with Crippen LogP contribution in [0.5, 0.6) is 5.75 Å². The molecule has 8 N–H and O–H groups in total. The van der Waals surface area contributed by atoms with Crippen LogP contribution in [0.15, 0.2) is 17.4 Å². The number of aliphatic hydroxyl groups excluding tert-OH is 1. The average Bonchev–Trinajstić information content (AvgIpc) is 3.18. The molecule has 0 heterocycles. The van der Waals surface area contributed by atoms with Crippen LogP contribution in [0.25, 0.3) is 0 Å². The number of Topliss-reactive ketones (excluding diaryl/α,β-unsaturated/α-hetero) is 3. The van der Waals surface area contributed by atoms with Crippen LogP contribution in [0.2, 0.25) is 0 Å². The summed E-state index contributed by atoms with van der Waals surface area (Å²) >= 11 is 0. The smallest absolute Gasteiger partial charge is 0.256 e. The van der Waals surface area contributed by atoms with Gasteiger partial charge >= 0.3 is 0 Å². The number of rotatable bonds is 5. The third kappa shape index (κ3) is 3.05. The highest BCUT2D eigenvalue weighted by Gasteiger charge is 2.90. The Morgan fingerprint density at radius 2 is 1.75 bits per heavy atom. The lowest BCUT2D eigenvalue weighted by Crippen LogP contribution is -2.60. The van der Waals surface area contributed by atoms with Crippen LogP contribution in [-0.2, 0) is 25.6 Å². The van der Waals surface area contributed by atoms with Gasteiger partial charge in [0.1, 0.15) is 28.1 Å². The molecule has 1 aromatic carbocycles. The molecule has 13 nitrogen and oxygen atoms in total. The number of aliphatic hydroxyl groups is 3. The molecule has 0 aliphatic heterocycles. The number of carbonyl (C=O) groups excluding carboxylic acids is 5. The minimum atomic E-state index is -2.97. The van der Waals surface area contributed by atoms with Gasteiger partial charge in [-0.25, -0.2) is 0 Å². The highest BCUT2D eigenvalue weighted by Crippen LogP contribution is 2.73. The number of fused-ring (bicyclic) bond motifs is 1. The summed E-state index contributed by atoms with van der Waals surface area (Å²) in [5.74, 6) is -10.5. The van der Waals surface area contributed by atoms with Crippen LogP contribution < -0.4 is 21.3 Å². The lowest BCUT2D eigenvalue weighted by Gasteiger charge is -2.43. The van der Waals surface area contributed by atoms with Crippen molar-refractivity contribution in [2.45, 2.75) is 50.4 Å². The van der Waals surface area contributed by atoms with Crippen LogP contribution in [-0.4, -0.2) is 87.0 Å². The molecule has 2 amide bonds. The van der Waals surface area contributed by atoms with Gasteiger partial charge in [0, 0.05) is 31.2 Å². The molecule has 4 aliphatic carbocycles. The van der Waals surface area contributed by atoms with E-state index in [4.69, 9.17) is 5.73 Å². The fourth-order valence-corrected chi connectivity index (χ4v) is 7.16. The van der Waals surface area contributed by atoms with Crippen LogP contribution in [0.3, 0.4) is 0 Å². The van der Waals surface area contributed by atoms with Gasteiger partial charge in [-0.2, -0.15) is 0 Å². The zero-order chi connectivity index (χ0) is 29.9. The van der Waals surface area contributed by atoms with Crippen molar-refractivity contribution in [1.29, 1.82) is 0 Å². The fourth-order valence-electron chi connectivity index (χ4n) is 7.16. The summed E-state index contributed by atoms with van der Waals surface area (Å²) in [5, 5.41) is 51.2. The summed E-state index contributed by atoms with van der Waals surface area (Å²) < 4.78 is 0. The Labute approximate surface area is 229 Å². The van der Waals surface area contributed by atoms with E-state index in [-0.39, 0.29) is 30.6 Å². The molecule has 2 fully saturated rings. The number of ketones is 3. The Kier molecular flexibility index (Phi) is 5.63. The van der Waals surface area contributed by atoms with Crippen molar-refractivity contribution >= 4 is 40.5 Å². The fraction of sp³-hybridized carbons (Fsp3) is 0.519. The zero-order valence-electron chi connectivity index (χ0n) is 22.7. The van der Waals surface area contributed by atoms with Crippen molar-refractivity contribution in [3.63, 3.8) is 0 Å². The van der Waals surface area contributed by atoms with E-state index in [2.05, 4.69) is 10.6 Å². The summed E-state index contributed by atoms with van der Waals surface area (Å²) in [4.78, 5) is 67.9. The standard InChI is InChI=1S/C27H32N4O9/c1-24(2,3)29-9-15(32)30-12-8-13(31(4)5)11-6-10-7-14-26(39)20(35)17(22(28)37)21(36)27(14,40)25(10,23(26)38)19(34)16(11)18(12)33/h8,10,14,29,33,36,39-40H,6-7,9H2,1-5H3,(H2,28,37)(H,30,32)/t10-,14?,25?,26+,27?/m0/s1. The number of nitrogens with zero attached hydrogens (tertiary/aromatic N) is 1. The SMILES string of the molecule is CN(C)c1cc(NC(=O)CNC(C)(C)C)c(O)c2c1C[C@H]1CC3C4(O)C(O)=C(C(N)=O)C(=O)[C@@]3(O)C(=O)C14C2=O. The third-order valence-corrected chi connectivity index (χ3v) is 8.82. The Balaban J connectivity index is 1.71. The Morgan fingerprint density at radius 1 is 1.12 bits per heavy atom. The van der Waals surface area contributed by atoms with Crippen LogP contribution in [0, 0.1) is 17.3 Å². The van der Waals surface area contributed by atoms with E-state index in [0.29, 0.717) is 11.3 Å². The molecule has 40 heavy (non-hydrogen) atoms. The molecule has 0 aromatic heterocycles. The number of carbonyl (C=O) groups is 5. The van der Waals surface area contributed by atoms with E-state index in [1.165, 1.54) is 6.07 Å². The highest BCUT2D eigenvalue weighted by molar-refractivity contribution is 6.37. The maximum absolute atomic E-state index is 14.4. The molecular weight excluding hydrogens is 524 g/mol. The summed E-state index contributed by atoms with van der Waals surface area (Å²) in [6, 6.07) is 1.48. The number of phenolic OH excluding ortho intramolecular Hbond substituents is 1. The summed E-state index contributed by atoms with van der Waals surface area (Å²) in [6.07, 6.45) is -0.272. The lowest BCUT2D eigenvalue weighted by atomic mass is 9.58. The van der Waals surface area contributed by atoms with Crippen LogP contribution in [0.1, 0.15) is 43.1 Å². The third-order valence-electron chi connectivity index (χ3n) is 8.82. The molecule has 3 unspecified atom stereocenters. The maximum Gasteiger partial charge on any atom is 0.256 e. The first kappa shape index (κ1) is 27.7. The van der Waals surface area contributed by atoms with E-state index in [1.807, 2.05) is 20.8 Å². The number of nitrogens with one attached hydrogen (secondary N) is 2. The molecule has 5 atom stereocenters. The molecule has 214 valence electrons. The number of amides is 2. The quantitative estimate of drug-likeness (QED) is 0.133. The van der Waals surface area contributed by atoms with E-state index in [0.717, 1.165) is 0 Å². The van der Waals surface area contributed by atoms with E-state index in [1.54, 1.807) is 19.0 Å². The van der Waals surface area contributed by atoms with Crippen LogP contribution >= 0.6 is 0 Å². The predicted molar refractivity (Wildman–Crippen MR) is 140 cm³/mol. The van der Waals surface area contributed by atoms with Gasteiger partial charge in [0.15, 0.2) is 17.2 Å². The second-order valence-corrected chi connectivity index (χ2v) is 12.3. The van der Waals surface area contributed by atoms with Gasteiger partial charge in [0.2, 0.25) is 11.7 Å². The second kappa shape index (κ2) is 8.12. The minimum absolute atomic E-state index is 0.0596. The number of nitrogens with two attached hydrogens (primary N) is 1. The molecule has 4 aliphatic rings. The van der Waals surface area contributed by atoms with Gasteiger partial charge in [0.25, 0.3) is 5.91 Å². The van der Waals surface area contributed by atoms with Gasteiger partial charge in [-0.1, -0.05) is 0 Å². The van der Waals surface area contributed by atoms with E-state index >= 15 is 0 Å². The number of aromatic hydroxyl groups is 1. The monoisotopic (exact) mass is 556 g/mol. The van der Waals surface area contributed by atoms with E-state index < -0.39 is 80.3 Å². The number of hydrogen-bond donors (Lipinski definition) is 7. The first-order valence-corrected chi connectivity index (χ1v) is 12.8. The molecule has 2 saturated carbocycles. The number of anilines is 2. The predicted octanol–water partition coefficient (Wildman–Crippen LogP) is -0.929. The molecule has 0 saturated heterocycles.